The maximum Gasteiger partial charge on any atom is 0.332 e. The summed E-state index contributed by atoms with van der Waals surface area (Å²) in [5.41, 5.74) is 1.58. The van der Waals surface area contributed by atoms with Crippen LogP contribution in [0.3, 0.4) is 0 Å². The molecular weight excluding hydrogens is 410 g/mol. The van der Waals surface area contributed by atoms with Gasteiger partial charge in [-0.1, -0.05) is 48.5 Å². The molecule has 0 unspecified atom stereocenters. The number of likely N-dealkylation sites (N-methyl/N-ethyl adjacent to an activating group) is 1. The van der Waals surface area contributed by atoms with Crippen LogP contribution in [-0.4, -0.2) is 21.6 Å². The van der Waals surface area contributed by atoms with E-state index in [-0.39, 0.29) is 24.6 Å². The Hall–Kier alpha value is -3.45. The highest BCUT2D eigenvalue weighted by atomic mass is 32.1. The largest absolute Gasteiger partial charge is 0.332 e. The molecule has 0 atom stereocenters. The van der Waals surface area contributed by atoms with Crippen LogP contribution in [0.5, 0.6) is 0 Å². The highest BCUT2D eigenvalue weighted by Gasteiger charge is 2.20. The fourth-order valence-electron chi connectivity index (χ4n) is 3.70. The third kappa shape index (κ3) is 4.22. The number of benzene rings is 2. The van der Waals surface area contributed by atoms with Crippen molar-refractivity contribution in [3.05, 3.63) is 98.5 Å². The summed E-state index contributed by atoms with van der Waals surface area (Å²) in [6, 6.07) is 20.8. The van der Waals surface area contributed by atoms with Gasteiger partial charge in [0.15, 0.2) is 0 Å². The van der Waals surface area contributed by atoms with Gasteiger partial charge in [-0.25, -0.2) is 4.79 Å². The van der Waals surface area contributed by atoms with Gasteiger partial charge in [0.25, 0.3) is 5.56 Å². The summed E-state index contributed by atoms with van der Waals surface area (Å²) in [7, 11) is 0. The molecule has 0 spiro atoms. The van der Waals surface area contributed by atoms with Gasteiger partial charge in [0.05, 0.1) is 5.52 Å². The van der Waals surface area contributed by atoms with Crippen molar-refractivity contribution in [2.75, 3.05) is 11.4 Å². The van der Waals surface area contributed by atoms with Gasteiger partial charge < -0.3 is 4.90 Å². The maximum atomic E-state index is 13.3. The standard InChI is InChI=1S/C24H23N3O3S/c1-2-25(19-11-7-4-8-12-19)21(28)17-27-20-14-16-31-22(20)23(29)26(24(27)30)15-13-18-9-5-3-6-10-18/h3-12,14,16H,2,13,15,17H2,1H3. The molecule has 0 aliphatic carbocycles. The average molecular weight is 434 g/mol. The summed E-state index contributed by atoms with van der Waals surface area (Å²) in [5, 5.41) is 1.78. The normalized spacial score (nSPS) is 11.0. The van der Waals surface area contributed by atoms with Gasteiger partial charge in [0.1, 0.15) is 11.2 Å². The van der Waals surface area contributed by atoms with Gasteiger partial charge in [-0.05, 0) is 42.5 Å². The van der Waals surface area contributed by atoms with Crippen molar-refractivity contribution in [1.82, 2.24) is 9.13 Å². The lowest BCUT2D eigenvalue weighted by Gasteiger charge is -2.22. The quantitative estimate of drug-likeness (QED) is 0.448. The van der Waals surface area contributed by atoms with Crippen molar-refractivity contribution in [1.29, 1.82) is 0 Å². The van der Waals surface area contributed by atoms with Crippen LogP contribution < -0.4 is 16.1 Å². The van der Waals surface area contributed by atoms with Crippen molar-refractivity contribution < 1.29 is 4.79 Å². The first kappa shape index (κ1) is 20.8. The summed E-state index contributed by atoms with van der Waals surface area (Å²) < 4.78 is 3.16. The minimum Gasteiger partial charge on any atom is -0.311 e. The summed E-state index contributed by atoms with van der Waals surface area (Å²) >= 11 is 1.29. The fourth-order valence-corrected chi connectivity index (χ4v) is 4.54. The molecule has 158 valence electrons. The Morgan fingerprint density at radius 3 is 2.29 bits per heavy atom. The number of hydrogen-bond acceptors (Lipinski definition) is 4. The highest BCUT2D eigenvalue weighted by molar-refractivity contribution is 7.17. The second-order valence-corrected chi connectivity index (χ2v) is 8.09. The molecule has 1 amide bonds. The van der Waals surface area contributed by atoms with E-state index in [1.54, 1.807) is 16.3 Å². The van der Waals surface area contributed by atoms with E-state index in [0.717, 1.165) is 11.3 Å². The number of rotatable bonds is 7. The smallest absolute Gasteiger partial charge is 0.311 e. The molecule has 6 nitrogen and oxygen atoms in total. The number of aromatic nitrogens is 2. The molecule has 0 radical (unpaired) electrons. The maximum absolute atomic E-state index is 13.3. The van der Waals surface area contributed by atoms with Crippen molar-refractivity contribution >= 4 is 33.1 Å². The molecule has 31 heavy (non-hydrogen) atoms. The predicted octanol–water partition coefficient (Wildman–Crippen LogP) is 3.52. The first-order chi connectivity index (χ1) is 15.1. The zero-order chi connectivity index (χ0) is 21.8. The van der Waals surface area contributed by atoms with E-state index in [0.29, 0.717) is 23.2 Å². The van der Waals surface area contributed by atoms with Gasteiger partial charge >= 0.3 is 5.69 Å². The zero-order valence-electron chi connectivity index (χ0n) is 17.2. The Balaban J connectivity index is 1.70. The summed E-state index contributed by atoms with van der Waals surface area (Å²) in [6.07, 6.45) is 0.561. The minimum atomic E-state index is -0.454. The molecule has 4 aromatic rings. The number of para-hydroxylation sites is 1. The first-order valence-electron chi connectivity index (χ1n) is 10.2. The van der Waals surface area contributed by atoms with E-state index in [9.17, 15) is 14.4 Å². The van der Waals surface area contributed by atoms with E-state index in [1.807, 2.05) is 67.6 Å². The molecule has 4 rings (SSSR count). The molecule has 7 heteroatoms. The summed E-state index contributed by atoms with van der Waals surface area (Å²) in [5.74, 6) is -0.198. The van der Waals surface area contributed by atoms with Crippen LogP contribution in [0, 0.1) is 0 Å². The van der Waals surface area contributed by atoms with E-state index < -0.39 is 5.69 Å². The molecule has 0 aliphatic rings. The van der Waals surface area contributed by atoms with E-state index in [2.05, 4.69) is 0 Å². The Kier molecular flexibility index (Phi) is 6.13. The summed E-state index contributed by atoms with van der Waals surface area (Å²) in [6.45, 7) is 2.52. The van der Waals surface area contributed by atoms with Crippen LogP contribution in [0.15, 0.2) is 81.7 Å². The van der Waals surface area contributed by atoms with Crippen LogP contribution in [0.4, 0.5) is 5.69 Å². The number of carbonyl (C=O) groups excluding carboxylic acids is 1. The highest BCUT2D eigenvalue weighted by Crippen LogP contribution is 2.17. The Bertz CT molecular complexity index is 1310. The topological polar surface area (TPSA) is 64.3 Å². The predicted molar refractivity (Wildman–Crippen MR) is 125 cm³/mol. The van der Waals surface area contributed by atoms with E-state index in [4.69, 9.17) is 0 Å². The van der Waals surface area contributed by atoms with E-state index >= 15 is 0 Å². The van der Waals surface area contributed by atoms with Crippen LogP contribution in [0.2, 0.25) is 0 Å². The Morgan fingerprint density at radius 2 is 1.61 bits per heavy atom. The first-order valence-corrected chi connectivity index (χ1v) is 11.1. The number of fused-ring (bicyclic) bond motifs is 1. The van der Waals surface area contributed by atoms with Gasteiger partial charge in [-0.15, -0.1) is 11.3 Å². The second kappa shape index (κ2) is 9.14. The SMILES string of the molecule is CCN(C(=O)Cn1c(=O)n(CCc2ccccc2)c(=O)c2sccc21)c1ccccc1. The van der Waals surface area contributed by atoms with E-state index in [1.165, 1.54) is 20.5 Å². The minimum absolute atomic E-state index is 0.125. The van der Waals surface area contributed by atoms with Crippen molar-refractivity contribution in [3.8, 4) is 0 Å². The van der Waals surface area contributed by atoms with Crippen LogP contribution in [-0.2, 0) is 24.3 Å². The van der Waals surface area contributed by atoms with Crippen molar-refractivity contribution in [3.63, 3.8) is 0 Å². The number of amides is 1. The molecule has 2 aromatic heterocycles. The van der Waals surface area contributed by atoms with Crippen molar-refractivity contribution in [2.45, 2.75) is 26.4 Å². The third-order valence-corrected chi connectivity index (χ3v) is 6.17. The van der Waals surface area contributed by atoms with Crippen LogP contribution >= 0.6 is 11.3 Å². The molecular formula is C24H23N3O3S. The second-order valence-electron chi connectivity index (χ2n) is 7.17. The third-order valence-electron chi connectivity index (χ3n) is 5.28. The molecule has 0 aliphatic heterocycles. The molecule has 2 heterocycles. The lowest BCUT2D eigenvalue weighted by Crippen LogP contribution is -2.43. The molecule has 0 saturated carbocycles. The van der Waals surface area contributed by atoms with Crippen LogP contribution in [0.25, 0.3) is 10.2 Å². The molecule has 2 aromatic carbocycles. The number of anilines is 1. The van der Waals surface area contributed by atoms with Gasteiger partial charge in [-0.3, -0.25) is 18.7 Å². The van der Waals surface area contributed by atoms with Gasteiger partial charge in [0, 0.05) is 18.8 Å². The lowest BCUT2D eigenvalue weighted by atomic mass is 10.1. The number of carbonyl (C=O) groups is 1. The number of thiophene rings is 1. The number of aryl methyl sites for hydroxylation is 1. The number of hydrogen-bond donors (Lipinski definition) is 0. The lowest BCUT2D eigenvalue weighted by molar-refractivity contribution is -0.119. The summed E-state index contributed by atoms with van der Waals surface area (Å²) in [4.78, 5) is 41.0. The zero-order valence-corrected chi connectivity index (χ0v) is 18.0. The van der Waals surface area contributed by atoms with Crippen molar-refractivity contribution in [2.24, 2.45) is 0 Å². The monoisotopic (exact) mass is 433 g/mol. The molecule has 0 bridgehead atoms. The molecule has 0 N–H and O–H groups in total. The van der Waals surface area contributed by atoms with Crippen LogP contribution in [0.1, 0.15) is 12.5 Å². The fraction of sp³-hybridized carbons (Fsp3) is 0.208. The molecule has 0 fully saturated rings. The Morgan fingerprint density at radius 1 is 0.935 bits per heavy atom. The Labute approximate surface area is 183 Å². The average Bonchev–Trinajstić information content (AvgIpc) is 3.29. The molecule has 0 saturated heterocycles. The van der Waals surface area contributed by atoms with Gasteiger partial charge in [0.2, 0.25) is 5.91 Å². The number of nitrogens with zero attached hydrogens (tertiary/aromatic N) is 3. The van der Waals surface area contributed by atoms with Gasteiger partial charge in [-0.2, -0.15) is 0 Å².